The van der Waals surface area contributed by atoms with Crippen molar-refractivity contribution < 1.29 is 19.1 Å². The van der Waals surface area contributed by atoms with E-state index in [1.165, 1.54) is 20.3 Å². The van der Waals surface area contributed by atoms with E-state index in [0.29, 0.717) is 35.1 Å². The molecule has 0 spiro atoms. The largest absolute Gasteiger partial charge is 0.493 e. The number of benzene rings is 1. The van der Waals surface area contributed by atoms with Crippen LogP contribution in [0.15, 0.2) is 18.2 Å². The fraction of sp³-hybridized carbons (Fsp3) is 0.444. The summed E-state index contributed by atoms with van der Waals surface area (Å²) in [5.74, 6) is 0.769. The predicted molar refractivity (Wildman–Crippen MR) is 97.0 cm³/mol. The Labute approximate surface area is 152 Å². The zero-order valence-corrected chi connectivity index (χ0v) is 15.3. The lowest BCUT2D eigenvalue weighted by Gasteiger charge is -2.14. The molecule has 1 N–H and O–H groups in total. The summed E-state index contributed by atoms with van der Waals surface area (Å²) in [7, 11) is 3.03. The number of carbonyl (C=O) groups is 2. The summed E-state index contributed by atoms with van der Waals surface area (Å²) in [6.07, 6.45) is 5.48. The minimum atomic E-state index is -0.264. The predicted octanol–water partition coefficient (Wildman–Crippen LogP) is 2.50. The van der Waals surface area contributed by atoms with Gasteiger partial charge in [0.1, 0.15) is 0 Å². The van der Waals surface area contributed by atoms with Crippen LogP contribution in [0.25, 0.3) is 6.08 Å². The van der Waals surface area contributed by atoms with E-state index < -0.39 is 0 Å². The SMILES string of the molecule is COc1cc(/C=C/C(=O)NCCC(=O)N2CCCC2)cc(Cl)c1OC. The van der Waals surface area contributed by atoms with Crippen molar-refractivity contribution in [1.82, 2.24) is 10.2 Å². The van der Waals surface area contributed by atoms with Gasteiger partial charge in [-0.1, -0.05) is 11.6 Å². The molecule has 2 rings (SSSR count). The first-order chi connectivity index (χ1) is 12.0. The Hall–Kier alpha value is -2.21. The first kappa shape index (κ1) is 19.1. The van der Waals surface area contributed by atoms with Crippen molar-refractivity contribution in [2.24, 2.45) is 0 Å². The minimum absolute atomic E-state index is 0.0912. The number of hydrogen-bond donors (Lipinski definition) is 1. The molecule has 1 fully saturated rings. The molecule has 7 heteroatoms. The maximum Gasteiger partial charge on any atom is 0.244 e. The van der Waals surface area contributed by atoms with Gasteiger partial charge in [0.05, 0.1) is 19.2 Å². The number of rotatable bonds is 7. The third kappa shape index (κ3) is 5.39. The highest BCUT2D eigenvalue weighted by atomic mass is 35.5. The standard InChI is InChI=1S/C18H23ClN2O4/c1-24-15-12-13(11-14(19)18(15)25-2)5-6-16(22)20-8-7-17(23)21-9-3-4-10-21/h5-6,11-12H,3-4,7-10H2,1-2H3,(H,20,22)/b6-5+. The van der Waals surface area contributed by atoms with Crippen molar-refractivity contribution in [2.75, 3.05) is 33.9 Å². The fourth-order valence-corrected chi connectivity index (χ4v) is 2.98. The zero-order chi connectivity index (χ0) is 18.2. The van der Waals surface area contributed by atoms with Crippen molar-refractivity contribution >= 4 is 29.5 Å². The number of nitrogens with one attached hydrogen (secondary N) is 1. The lowest BCUT2D eigenvalue weighted by atomic mass is 10.2. The van der Waals surface area contributed by atoms with Gasteiger partial charge in [-0.3, -0.25) is 9.59 Å². The van der Waals surface area contributed by atoms with E-state index in [9.17, 15) is 9.59 Å². The van der Waals surface area contributed by atoms with E-state index in [0.717, 1.165) is 25.9 Å². The highest BCUT2D eigenvalue weighted by Gasteiger charge is 2.17. The molecule has 25 heavy (non-hydrogen) atoms. The van der Waals surface area contributed by atoms with Gasteiger partial charge in [-0.05, 0) is 36.6 Å². The molecule has 0 atom stereocenters. The summed E-state index contributed by atoms with van der Waals surface area (Å²) in [6, 6.07) is 3.41. The number of methoxy groups -OCH3 is 2. The topological polar surface area (TPSA) is 67.9 Å². The molecular formula is C18H23ClN2O4. The molecule has 2 amide bonds. The maximum atomic E-state index is 11.9. The van der Waals surface area contributed by atoms with E-state index in [2.05, 4.69) is 5.32 Å². The van der Waals surface area contributed by atoms with Crippen LogP contribution in [0, 0.1) is 0 Å². The number of amides is 2. The molecule has 0 unspecified atom stereocenters. The number of likely N-dealkylation sites (tertiary alicyclic amines) is 1. The summed E-state index contributed by atoms with van der Waals surface area (Å²) < 4.78 is 10.4. The monoisotopic (exact) mass is 366 g/mol. The van der Waals surface area contributed by atoms with Gasteiger partial charge >= 0.3 is 0 Å². The van der Waals surface area contributed by atoms with Gasteiger partial charge in [0.15, 0.2) is 11.5 Å². The van der Waals surface area contributed by atoms with Crippen LogP contribution in [0.2, 0.25) is 5.02 Å². The van der Waals surface area contributed by atoms with Crippen LogP contribution in [0.3, 0.4) is 0 Å². The molecule has 1 aliphatic heterocycles. The Morgan fingerprint density at radius 2 is 1.96 bits per heavy atom. The summed E-state index contributed by atoms with van der Waals surface area (Å²) >= 11 is 6.13. The average Bonchev–Trinajstić information content (AvgIpc) is 3.14. The third-order valence-electron chi connectivity index (χ3n) is 3.98. The van der Waals surface area contributed by atoms with Crippen LogP contribution in [0.1, 0.15) is 24.8 Å². The van der Waals surface area contributed by atoms with Gasteiger partial charge < -0.3 is 19.7 Å². The van der Waals surface area contributed by atoms with Crippen molar-refractivity contribution in [3.05, 3.63) is 28.8 Å². The normalized spacial score (nSPS) is 14.0. The smallest absolute Gasteiger partial charge is 0.244 e. The van der Waals surface area contributed by atoms with Gasteiger partial charge in [0.25, 0.3) is 0 Å². The second kappa shape index (κ2) is 9.32. The van der Waals surface area contributed by atoms with Crippen LogP contribution in [0.4, 0.5) is 0 Å². The summed E-state index contributed by atoms with van der Waals surface area (Å²) in [5.41, 5.74) is 0.714. The number of halogens is 1. The number of carbonyl (C=O) groups excluding carboxylic acids is 2. The highest BCUT2D eigenvalue weighted by molar-refractivity contribution is 6.32. The van der Waals surface area contributed by atoms with Gasteiger partial charge in [0.2, 0.25) is 11.8 Å². The Bertz CT molecular complexity index is 655. The van der Waals surface area contributed by atoms with E-state index in [4.69, 9.17) is 21.1 Å². The van der Waals surface area contributed by atoms with Crippen molar-refractivity contribution in [1.29, 1.82) is 0 Å². The molecule has 0 radical (unpaired) electrons. The molecule has 136 valence electrons. The number of hydrogen-bond acceptors (Lipinski definition) is 4. The highest BCUT2D eigenvalue weighted by Crippen LogP contribution is 2.36. The summed E-state index contributed by atoms with van der Waals surface area (Å²) in [4.78, 5) is 25.6. The molecule has 6 nitrogen and oxygen atoms in total. The molecule has 1 aromatic rings. The number of ether oxygens (including phenoxy) is 2. The first-order valence-corrected chi connectivity index (χ1v) is 8.58. The van der Waals surface area contributed by atoms with E-state index in [-0.39, 0.29) is 11.8 Å². The third-order valence-corrected chi connectivity index (χ3v) is 4.26. The molecule has 0 aliphatic carbocycles. The molecule has 0 aromatic heterocycles. The van der Waals surface area contributed by atoms with Crippen LogP contribution >= 0.6 is 11.6 Å². The quantitative estimate of drug-likeness (QED) is 0.753. The van der Waals surface area contributed by atoms with E-state index >= 15 is 0 Å². The molecule has 1 heterocycles. The molecule has 1 aliphatic rings. The van der Waals surface area contributed by atoms with Crippen LogP contribution < -0.4 is 14.8 Å². The van der Waals surface area contributed by atoms with Gasteiger partial charge in [0, 0.05) is 32.1 Å². The number of nitrogens with zero attached hydrogens (tertiary/aromatic N) is 1. The average molecular weight is 367 g/mol. The molecular weight excluding hydrogens is 344 g/mol. The van der Waals surface area contributed by atoms with Crippen molar-refractivity contribution in [3.63, 3.8) is 0 Å². The van der Waals surface area contributed by atoms with Gasteiger partial charge in [-0.15, -0.1) is 0 Å². The fourth-order valence-electron chi connectivity index (χ4n) is 2.68. The summed E-state index contributed by atoms with van der Waals surface area (Å²) in [5, 5.41) is 3.11. The Kier molecular flexibility index (Phi) is 7.13. The Morgan fingerprint density at radius 3 is 2.60 bits per heavy atom. The first-order valence-electron chi connectivity index (χ1n) is 8.20. The molecule has 1 aromatic carbocycles. The van der Waals surface area contributed by atoms with Crippen molar-refractivity contribution in [3.8, 4) is 11.5 Å². The van der Waals surface area contributed by atoms with E-state index in [1.54, 1.807) is 18.2 Å². The zero-order valence-electron chi connectivity index (χ0n) is 14.5. The van der Waals surface area contributed by atoms with Gasteiger partial charge in [-0.2, -0.15) is 0 Å². The van der Waals surface area contributed by atoms with Crippen LogP contribution in [-0.4, -0.2) is 50.6 Å². The molecule has 0 saturated carbocycles. The minimum Gasteiger partial charge on any atom is -0.493 e. The van der Waals surface area contributed by atoms with Crippen LogP contribution in [-0.2, 0) is 9.59 Å². The maximum absolute atomic E-state index is 11.9. The van der Waals surface area contributed by atoms with Crippen LogP contribution in [0.5, 0.6) is 11.5 Å². The summed E-state index contributed by atoms with van der Waals surface area (Å²) in [6.45, 7) is 1.98. The van der Waals surface area contributed by atoms with Crippen molar-refractivity contribution in [2.45, 2.75) is 19.3 Å². The van der Waals surface area contributed by atoms with Gasteiger partial charge in [-0.25, -0.2) is 0 Å². The van der Waals surface area contributed by atoms with E-state index in [1.807, 2.05) is 4.90 Å². The second-order valence-corrected chi connectivity index (χ2v) is 6.11. The molecule has 0 bridgehead atoms. The lowest BCUT2D eigenvalue weighted by molar-refractivity contribution is -0.130. The lowest BCUT2D eigenvalue weighted by Crippen LogP contribution is -2.32. The Balaban J connectivity index is 1.85. The Morgan fingerprint density at radius 1 is 1.24 bits per heavy atom. The second-order valence-electron chi connectivity index (χ2n) is 5.70. The molecule has 1 saturated heterocycles.